The van der Waals surface area contributed by atoms with Gasteiger partial charge in [-0.3, -0.25) is 0 Å². The number of ether oxygens (including phenoxy) is 1. The van der Waals surface area contributed by atoms with Crippen molar-refractivity contribution in [1.82, 2.24) is 30.1 Å². The Labute approximate surface area is 234 Å². The first-order chi connectivity index (χ1) is 19.4. The number of nitrogens with one attached hydrogen (secondary N) is 2. The van der Waals surface area contributed by atoms with Crippen LogP contribution >= 0.6 is 0 Å². The van der Waals surface area contributed by atoms with E-state index in [9.17, 15) is 15.2 Å². The largest absolute Gasteiger partial charge is 0.492 e. The van der Waals surface area contributed by atoms with Gasteiger partial charge in [0.1, 0.15) is 17.6 Å². The number of pyridine rings is 2. The predicted octanol–water partition coefficient (Wildman–Crippen LogP) is 3.35. The third kappa shape index (κ3) is 6.13. The first-order valence-electron chi connectivity index (χ1n) is 14.1. The Kier molecular flexibility index (Phi) is 8.38. The molecule has 11 heteroatoms. The lowest BCUT2D eigenvalue weighted by atomic mass is 9.84. The van der Waals surface area contributed by atoms with Crippen LogP contribution < -0.4 is 20.3 Å². The first-order valence-corrected chi connectivity index (χ1v) is 14.1. The lowest BCUT2D eigenvalue weighted by molar-refractivity contribution is 0.162. The van der Waals surface area contributed by atoms with Gasteiger partial charge in [-0.15, -0.1) is 0 Å². The molecule has 2 fully saturated rings. The molecule has 0 aliphatic carbocycles. The van der Waals surface area contributed by atoms with E-state index in [1.807, 2.05) is 31.3 Å². The minimum absolute atomic E-state index is 0.443. The summed E-state index contributed by atoms with van der Waals surface area (Å²) in [7, 11) is 2.15. The maximum atomic E-state index is 11.7. The average Bonchev–Trinajstić information content (AvgIpc) is 3.37. The van der Waals surface area contributed by atoms with Gasteiger partial charge < -0.3 is 30.3 Å². The van der Waals surface area contributed by atoms with Crippen molar-refractivity contribution in [3.63, 3.8) is 0 Å². The van der Waals surface area contributed by atoms with Crippen LogP contribution in [-0.4, -0.2) is 88.7 Å². The van der Waals surface area contributed by atoms with Crippen LogP contribution in [0.4, 0.5) is 10.6 Å². The highest BCUT2D eigenvalue weighted by molar-refractivity contribution is 5.85. The van der Waals surface area contributed by atoms with Crippen molar-refractivity contribution >= 4 is 17.4 Å². The number of nitrogens with zero attached hydrogens (tertiary/aromatic N) is 6. The van der Waals surface area contributed by atoms with Gasteiger partial charge in [-0.05, 0) is 83.9 Å². The minimum atomic E-state index is -0.965. The average molecular weight is 547 g/mol. The number of anilines is 1. The highest BCUT2D eigenvalue weighted by Crippen LogP contribution is 2.33. The van der Waals surface area contributed by atoms with Gasteiger partial charge in [0.25, 0.3) is 0 Å². The fourth-order valence-corrected chi connectivity index (χ4v) is 5.93. The lowest BCUT2D eigenvalue weighted by Crippen LogP contribution is -2.56. The normalized spacial score (nSPS) is 18.0. The summed E-state index contributed by atoms with van der Waals surface area (Å²) in [6.45, 7) is 6.88. The Balaban J connectivity index is 1.26. The van der Waals surface area contributed by atoms with Gasteiger partial charge in [0, 0.05) is 42.0 Å². The van der Waals surface area contributed by atoms with Gasteiger partial charge in [-0.1, -0.05) is 0 Å². The van der Waals surface area contributed by atoms with E-state index in [0.717, 1.165) is 74.2 Å². The smallest absolute Gasteiger partial charge is 0.405 e. The van der Waals surface area contributed by atoms with E-state index >= 15 is 0 Å². The number of hydrogen-bond acceptors (Lipinski definition) is 8. The molecule has 0 radical (unpaired) electrons. The van der Waals surface area contributed by atoms with Crippen LogP contribution in [0.25, 0.3) is 16.6 Å². The zero-order valence-corrected chi connectivity index (χ0v) is 23.3. The number of nitriles is 1. The van der Waals surface area contributed by atoms with Crippen LogP contribution in [0.1, 0.15) is 44.6 Å². The molecule has 0 bridgehead atoms. The number of rotatable bonds is 9. The molecule has 0 atom stereocenters. The Hall–Kier alpha value is -3.88. The summed E-state index contributed by atoms with van der Waals surface area (Å²) in [4.78, 5) is 21.0. The predicted molar refractivity (Wildman–Crippen MR) is 153 cm³/mol. The molecule has 212 valence electrons. The number of aromatic nitrogens is 3. The van der Waals surface area contributed by atoms with Crippen LogP contribution in [0, 0.1) is 11.3 Å². The quantitative estimate of drug-likeness (QED) is 0.370. The number of hydrogen-bond donors (Lipinski definition) is 3. The highest BCUT2D eigenvalue weighted by atomic mass is 16.5. The van der Waals surface area contributed by atoms with Gasteiger partial charge in [0.05, 0.1) is 30.1 Å². The maximum absolute atomic E-state index is 11.7. The molecule has 3 aromatic heterocycles. The van der Waals surface area contributed by atoms with Crippen LogP contribution in [0.3, 0.4) is 0 Å². The Bertz CT molecular complexity index is 1350. The van der Waals surface area contributed by atoms with Crippen LogP contribution in [0.5, 0.6) is 5.75 Å². The fourth-order valence-electron chi connectivity index (χ4n) is 5.93. The molecule has 1 amide bonds. The molecule has 0 spiro atoms. The maximum Gasteiger partial charge on any atom is 0.405 e. The Morgan fingerprint density at radius 3 is 2.65 bits per heavy atom. The molecule has 0 saturated carbocycles. The summed E-state index contributed by atoms with van der Waals surface area (Å²) in [5, 5.41) is 30.0. The molecule has 2 saturated heterocycles. The number of carboxylic acid groups (broad SMARTS) is 1. The van der Waals surface area contributed by atoms with Crippen LogP contribution in [-0.2, 0) is 0 Å². The number of amides is 1. The van der Waals surface area contributed by atoms with Crippen molar-refractivity contribution in [2.75, 3.05) is 51.3 Å². The third-order valence-corrected chi connectivity index (χ3v) is 8.25. The van der Waals surface area contributed by atoms with E-state index in [1.165, 1.54) is 0 Å². The number of likely N-dealkylation sites (tertiary alicyclic amines) is 1. The van der Waals surface area contributed by atoms with Crippen molar-refractivity contribution in [3.05, 3.63) is 42.4 Å². The molecule has 11 nitrogen and oxygen atoms in total. The molecule has 2 aliphatic rings. The van der Waals surface area contributed by atoms with Crippen LogP contribution in [0.2, 0.25) is 0 Å². The molecule has 40 heavy (non-hydrogen) atoms. The van der Waals surface area contributed by atoms with Gasteiger partial charge >= 0.3 is 6.09 Å². The summed E-state index contributed by atoms with van der Waals surface area (Å²) in [5.74, 6) is 1.52. The molecule has 2 aliphatic heterocycles. The molecular formula is C29H38N8O3. The van der Waals surface area contributed by atoms with E-state index in [2.05, 4.69) is 38.6 Å². The SMILES string of the molecule is CCOc1cc(-c2ccc(N3CCC(CCNC4CCN(C)CC4)(NC(=O)O)CC3)nc2)c2c(C#N)cnn2c1. The third-order valence-electron chi connectivity index (χ3n) is 8.25. The van der Waals surface area contributed by atoms with E-state index in [1.54, 1.807) is 16.9 Å². The topological polar surface area (TPSA) is 131 Å². The molecule has 5 rings (SSSR count). The summed E-state index contributed by atoms with van der Waals surface area (Å²) in [6, 6.07) is 8.64. The van der Waals surface area contributed by atoms with Crippen molar-refractivity contribution in [1.29, 1.82) is 5.26 Å². The van der Waals surface area contributed by atoms with Gasteiger partial charge in [-0.2, -0.15) is 10.4 Å². The van der Waals surface area contributed by atoms with Crippen molar-refractivity contribution in [3.8, 4) is 22.9 Å². The van der Waals surface area contributed by atoms with Gasteiger partial charge in [0.15, 0.2) is 0 Å². The van der Waals surface area contributed by atoms with Gasteiger partial charge in [-0.25, -0.2) is 14.3 Å². The molecule has 0 aromatic carbocycles. The second-order valence-corrected chi connectivity index (χ2v) is 10.9. The Morgan fingerprint density at radius 2 is 2.00 bits per heavy atom. The molecule has 0 unspecified atom stereocenters. The van der Waals surface area contributed by atoms with E-state index in [-0.39, 0.29) is 0 Å². The van der Waals surface area contributed by atoms with E-state index in [0.29, 0.717) is 37.1 Å². The molecule has 3 N–H and O–H groups in total. The van der Waals surface area contributed by atoms with Crippen LogP contribution in [0.15, 0.2) is 36.8 Å². The zero-order valence-electron chi connectivity index (χ0n) is 23.3. The lowest BCUT2D eigenvalue weighted by Gasteiger charge is -2.42. The van der Waals surface area contributed by atoms with E-state index in [4.69, 9.17) is 9.72 Å². The monoisotopic (exact) mass is 546 g/mol. The summed E-state index contributed by atoms with van der Waals surface area (Å²) < 4.78 is 7.40. The summed E-state index contributed by atoms with van der Waals surface area (Å²) in [5.41, 5.74) is 2.47. The van der Waals surface area contributed by atoms with E-state index < -0.39 is 11.6 Å². The van der Waals surface area contributed by atoms with Crippen molar-refractivity contribution in [2.24, 2.45) is 0 Å². The van der Waals surface area contributed by atoms with Crippen molar-refractivity contribution in [2.45, 2.75) is 50.6 Å². The second kappa shape index (κ2) is 12.1. The second-order valence-electron chi connectivity index (χ2n) is 10.9. The first kappa shape index (κ1) is 27.7. The minimum Gasteiger partial charge on any atom is -0.492 e. The number of carbonyl (C=O) groups is 1. The molecule has 5 heterocycles. The fraction of sp³-hybridized carbons (Fsp3) is 0.517. The summed E-state index contributed by atoms with van der Waals surface area (Å²) >= 11 is 0. The Morgan fingerprint density at radius 1 is 1.23 bits per heavy atom. The summed E-state index contributed by atoms with van der Waals surface area (Å²) in [6.07, 6.45) is 8.66. The highest BCUT2D eigenvalue weighted by Gasteiger charge is 2.36. The zero-order chi connectivity index (χ0) is 28.1. The van der Waals surface area contributed by atoms with Gasteiger partial charge in [0.2, 0.25) is 0 Å². The number of fused-ring (bicyclic) bond motifs is 1. The number of piperidine rings is 2. The molecule has 3 aromatic rings. The van der Waals surface area contributed by atoms with Crippen molar-refractivity contribution < 1.29 is 14.6 Å². The molecular weight excluding hydrogens is 508 g/mol. The standard InChI is InChI=1S/C29H38N8O3/c1-3-40-24-16-25(27-22(17-30)19-33-37(27)20-24)21-4-5-26(32-18-21)36-14-9-29(10-15-36,34-28(38)39)8-11-31-23-6-12-35(2)13-7-23/h4-5,16,18-20,23,31,34H,3,6-15H2,1-2H3,(H,38,39).